The molecule has 1 N–H and O–H groups in total. The SMILES string of the molecule is CN(C)c1ccc([C@H](CNC(=O)c2cc(Cl)ccc2[N+](=O)[O-])N(C)C)cc1. The van der Waals surface area contributed by atoms with E-state index in [4.69, 9.17) is 11.6 Å². The molecule has 8 heteroatoms. The predicted octanol–water partition coefficient (Wildman–Crippen LogP) is 3.35. The summed E-state index contributed by atoms with van der Waals surface area (Å²) in [5.74, 6) is -0.527. The van der Waals surface area contributed by atoms with Crippen LogP contribution in [0.5, 0.6) is 0 Å². The van der Waals surface area contributed by atoms with Crippen LogP contribution >= 0.6 is 11.6 Å². The van der Waals surface area contributed by atoms with E-state index in [2.05, 4.69) is 5.32 Å². The van der Waals surface area contributed by atoms with Gasteiger partial charge < -0.3 is 15.1 Å². The molecule has 1 amide bonds. The van der Waals surface area contributed by atoms with Crippen LogP contribution in [0.25, 0.3) is 0 Å². The minimum Gasteiger partial charge on any atom is -0.378 e. The normalized spacial score (nSPS) is 11.9. The molecule has 7 nitrogen and oxygen atoms in total. The molecule has 2 aromatic rings. The Hall–Kier alpha value is -2.64. The van der Waals surface area contributed by atoms with Gasteiger partial charge in [0.15, 0.2) is 0 Å². The number of hydrogen-bond acceptors (Lipinski definition) is 5. The quantitative estimate of drug-likeness (QED) is 0.579. The number of rotatable bonds is 7. The first kappa shape index (κ1) is 20.7. The third kappa shape index (κ3) is 5.18. The van der Waals surface area contributed by atoms with Crippen molar-refractivity contribution in [3.63, 3.8) is 0 Å². The summed E-state index contributed by atoms with van der Waals surface area (Å²) in [6.07, 6.45) is 0. The Morgan fingerprint density at radius 2 is 1.78 bits per heavy atom. The molecule has 0 fully saturated rings. The second-order valence-electron chi connectivity index (χ2n) is 6.59. The van der Waals surface area contributed by atoms with E-state index >= 15 is 0 Å². The predicted molar refractivity (Wildman–Crippen MR) is 108 cm³/mol. The van der Waals surface area contributed by atoms with Gasteiger partial charge in [-0.05, 0) is 43.9 Å². The number of likely N-dealkylation sites (N-methyl/N-ethyl adjacent to an activating group) is 1. The smallest absolute Gasteiger partial charge is 0.282 e. The van der Waals surface area contributed by atoms with Gasteiger partial charge in [-0.15, -0.1) is 0 Å². The number of nitro groups is 1. The van der Waals surface area contributed by atoms with Crippen LogP contribution in [0.15, 0.2) is 42.5 Å². The third-order valence-electron chi connectivity index (χ3n) is 4.27. The van der Waals surface area contributed by atoms with Gasteiger partial charge >= 0.3 is 0 Å². The van der Waals surface area contributed by atoms with Gasteiger partial charge in [-0.1, -0.05) is 23.7 Å². The van der Waals surface area contributed by atoms with Crippen molar-refractivity contribution >= 4 is 28.9 Å². The van der Waals surface area contributed by atoms with Crippen molar-refractivity contribution in [3.8, 4) is 0 Å². The van der Waals surface area contributed by atoms with E-state index in [9.17, 15) is 14.9 Å². The number of nitro benzene ring substituents is 1. The van der Waals surface area contributed by atoms with Crippen LogP contribution < -0.4 is 10.2 Å². The topological polar surface area (TPSA) is 78.7 Å². The number of hydrogen-bond donors (Lipinski definition) is 1. The van der Waals surface area contributed by atoms with E-state index in [1.165, 1.54) is 18.2 Å². The Morgan fingerprint density at radius 1 is 1.15 bits per heavy atom. The molecule has 0 aliphatic heterocycles. The van der Waals surface area contributed by atoms with Crippen molar-refractivity contribution in [2.45, 2.75) is 6.04 Å². The Kier molecular flexibility index (Phi) is 6.76. The van der Waals surface area contributed by atoms with Crippen LogP contribution in [-0.4, -0.2) is 50.5 Å². The van der Waals surface area contributed by atoms with Gasteiger partial charge in [-0.3, -0.25) is 14.9 Å². The Labute approximate surface area is 163 Å². The standard InChI is InChI=1S/C19H23ClN4O3/c1-22(2)15-8-5-13(6-9-15)18(23(3)4)12-21-19(25)16-11-14(20)7-10-17(16)24(26)27/h5-11,18H,12H2,1-4H3,(H,21,25)/t18-/m0/s1. The van der Waals surface area contributed by atoms with Gasteiger partial charge in [0.1, 0.15) is 5.56 Å². The van der Waals surface area contributed by atoms with Gasteiger partial charge in [0.25, 0.3) is 11.6 Å². The van der Waals surface area contributed by atoms with Crippen LogP contribution in [0, 0.1) is 10.1 Å². The van der Waals surface area contributed by atoms with Crippen LogP contribution in [0.1, 0.15) is 22.0 Å². The summed E-state index contributed by atoms with van der Waals surface area (Å²) in [4.78, 5) is 27.1. The number of nitrogens with one attached hydrogen (secondary N) is 1. The number of amides is 1. The molecule has 27 heavy (non-hydrogen) atoms. The molecule has 0 heterocycles. The number of halogens is 1. The summed E-state index contributed by atoms with van der Waals surface area (Å²) in [6.45, 7) is 0.302. The van der Waals surface area contributed by atoms with Crippen LogP contribution in [0.3, 0.4) is 0 Å². The second-order valence-corrected chi connectivity index (χ2v) is 7.03. The molecule has 0 aliphatic carbocycles. The summed E-state index contributed by atoms with van der Waals surface area (Å²) < 4.78 is 0. The first-order valence-electron chi connectivity index (χ1n) is 8.36. The van der Waals surface area contributed by atoms with Crippen molar-refractivity contribution in [3.05, 3.63) is 68.7 Å². The molecule has 0 saturated carbocycles. The molecule has 0 bridgehead atoms. The summed E-state index contributed by atoms with van der Waals surface area (Å²) in [5, 5.41) is 14.2. The minimum absolute atomic E-state index is 0.0482. The lowest BCUT2D eigenvalue weighted by Crippen LogP contribution is -2.34. The maximum absolute atomic E-state index is 12.5. The van der Waals surface area contributed by atoms with Gasteiger partial charge in [-0.2, -0.15) is 0 Å². The van der Waals surface area contributed by atoms with Crippen molar-refractivity contribution in [2.24, 2.45) is 0 Å². The lowest BCUT2D eigenvalue weighted by Gasteiger charge is -2.25. The average molecular weight is 391 g/mol. The molecule has 2 aromatic carbocycles. The van der Waals surface area contributed by atoms with Crippen LogP contribution in [0.2, 0.25) is 5.02 Å². The zero-order chi connectivity index (χ0) is 20.1. The molecular formula is C19H23ClN4O3. The Morgan fingerprint density at radius 3 is 2.30 bits per heavy atom. The zero-order valence-electron chi connectivity index (χ0n) is 15.8. The van der Waals surface area contributed by atoms with E-state index in [0.717, 1.165) is 11.3 Å². The van der Waals surface area contributed by atoms with Crippen molar-refractivity contribution in [2.75, 3.05) is 39.6 Å². The van der Waals surface area contributed by atoms with Crippen molar-refractivity contribution in [1.29, 1.82) is 0 Å². The van der Waals surface area contributed by atoms with E-state index in [0.29, 0.717) is 6.54 Å². The first-order chi connectivity index (χ1) is 12.7. The highest BCUT2D eigenvalue weighted by Crippen LogP contribution is 2.24. The van der Waals surface area contributed by atoms with Gasteiger partial charge in [0.05, 0.1) is 11.0 Å². The number of carbonyl (C=O) groups is 1. The largest absolute Gasteiger partial charge is 0.378 e. The fraction of sp³-hybridized carbons (Fsp3) is 0.316. The molecule has 0 aromatic heterocycles. The van der Waals surface area contributed by atoms with Gasteiger partial charge in [-0.25, -0.2) is 0 Å². The van der Waals surface area contributed by atoms with Crippen molar-refractivity contribution < 1.29 is 9.72 Å². The lowest BCUT2D eigenvalue weighted by atomic mass is 10.0. The highest BCUT2D eigenvalue weighted by atomic mass is 35.5. The van der Waals surface area contributed by atoms with Crippen molar-refractivity contribution in [1.82, 2.24) is 10.2 Å². The molecule has 0 radical (unpaired) electrons. The van der Waals surface area contributed by atoms with Gasteiger partial charge in [0.2, 0.25) is 0 Å². The Bertz CT molecular complexity index is 822. The molecular weight excluding hydrogens is 368 g/mol. The second kappa shape index (κ2) is 8.83. The fourth-order valence-electron chi connectivity index (χ4n) is 2.73. The molecule has 0 spiro atoms. The van der Waals surface area contributed by atoms with Gasteiger partial charge in [0, 0.05) is 37.4 Å². The summed E-state index contributed by atoms with van der Waals surface area (Å²) >= 11 is 5.90. The summed E-state index contributed by atoms with van der Waals surface area (Å²) in [6, 6.07) is 11.9. The maximum Gasteiger partial charge on any atom is 0.282 e. The molecule has 144 valence electrons. The minimum atomic E-state index is -0.589. The van der Waals surface area contributed by atoms with Crippen LogP contribution in [0.4, 0.5) is 11.4 Å². The first-order valence-corrected chi connectivity index (χ1v) is 8.74. The molecule has 1 atom stereocenters. The summed E-state index contributed by atoms with van der Waals surface area (Å²) in [7, 11) is 7.77. The fourth-order valence-corrected chi connectivity index (χ4v) is 2.90. The average Bonchev–Trinajstić information content (AvgIpc) is 2.61. The van der Waals surface area contributed by atoms with E-state index in [-0.39, 0.29) is 22.3 Å². The molecule has 0 aliphatic rings. The monoisotopic (exact) mass is 390 g/mol. The summed E-state index contributed by atoms with van der Waals surface area (Å²) in [5.41, 5.74) is 1.79. The number of nitrogens with zero attached hydrogens (tertiary/aromatic N) is 3. The molecule has 0 saturated heterocycles. The van der Waals surface area contributed by atoms with E-state index < -0.39 is 10.8 Å². The maximum atomic E-state index is 12.5. The molecule has 0 unspecified atom stereocenters. The zero-order valence-corrected chi connectivity index (χ0v) is 16.5. The highest BCUT2D eigenvalue weighted by molar-refractivity contribution is 6.31. The number of benzene rings is 2. The van der Waals surface area contributed by atoms with Crippen LogP contribution in [-0.2, 0) is 0 Å². The Balaban J connectivity index is 2.18. The third-order valence-corrected chi connectivity index (χ3v) is 4.51. The van der Waals surface area contributed by atoms with E-state index in [1.807, 2.05) is 62.3 Å². The molecule has 2 rings (SSSR count). The number of carbonyl (C=O) groups excluding carboxylic acids is 1. The van der Waals surface area contributed by atoms with E-state index in [1.54, 1.807) is 0 Å². The number of anilines is 1. The lowest BCUT2D eigenvalue weighted by molar-refractivity contribution is -0.385. The highest BCUT2D eigenvalue weighted by Gasteiger charge is 2.22.